The van der Waals surface area contributed by atoms with Gasteiger partial charge in [-0.2, -0.15) is 5.26 Å². The van der Waals surface area contributed by atoms with Gasteiger partial charge in [-0.05, 0) is 63.3 Å². The van der Waals surface area contributed by atoms with Crippen LogP contribution in [-0.4, -0.2) is 24.7 Å². The molecule has 33 heavy (non-hydrogen) atoms. The van der Waals surface area contributed by atoms with E-state index >= 15 is 0 Å². The Bertz CT molecular complexity index is 1060. The first-order valence-electron chi connectivity index (χ1n) is 11.1. The average molecular weight is 450 g/mol. The number of alkyl halides is 2. The van der Waals surface area contributed by atoms with Crippen molar-refractivity contribution < 1.29 is 8.78 Å². The third-order valence-corrected chi connectivity index (χ3v) is 5.91. The summed E-state index contributed by atoms with van der Waals surface area (Å²) in [5.41, 5.74) is 6.74. The zero-order chi connectivity index (χ0) is 24.6. The number of nitrogens with zero attached hydrogens (tertiary/aromatic N) is 3. The predicted molar refractivity (Wildman–Crippen MR) is 135 cm³/mol. The highest BCUT2D eigenvalue weighted by Gasteiger charge is 2.24. The lowest BCUT2D eigenvalue weighted by atomic mass is 9.92. The molecule has 0 radical (unpaired) electrons. The molecule has 2 rings (SSSR count). The Hall–Kier alpha value is -3.26. The molecule has 0 N–H and O–H groups in total. The lowest BCUT2D eigenvalue weighted by molar-refractivity contribution is 0.0680. The summed E-state index contributed by atoms with van der Waals surface area (Å²) in [6.45, 7) is 15.6. The number of halogens is 2. The second kappa shape index (κ2) is 11.6. The zero-order valence-electron chi connectivity index (χ0n) is 20.1. The third kappa shape index (κ3) is 7.12. The van der Waals surface area contributed by atoms with Gasteiger partial charge in [0.1, 0.15) is 6.07 Å². The Balaban J connectivity index is 2.22. The Morgan fingerprint density at radius 2 is 2.00 bits per heavy atom. The van der Waals surface area contributed by atoms with Crippen LogP contribution < -0.4 is 4.90 Å². The SMILES string of the molecule is C=CN=C(CCC(/C=C\C(=C)C(C)(F)F)=C/C)C1=C(C)CCN(c2ccc(C)cc2C#N)C1. The van der Waals surface area contributed by atoms with Crippen LogP contribution in [0.4, 0.5) is 14.5 Å². The van der Waals surface area contributed by atoms with Crippen LogP contribution in [0.3, 0.4) is 0 Å². The van der Waals surface area contributed by atoms with E-state index < -0.39 is 5.92 Å². The monoisotopic (exact) mass is 449 g/mol. The molecule has 0 unspecified atom stereocenters. The molecule has 0 aromatic heterocycles. The highest BCUT2D eigenvalue weighted by molar-refractivity contribution is 6.02. The summed E-state index contributed by atoms with van der Waals surface area (Å²) < 4.78 is 26.8. The molecule has 0 bridgehead atoms. The van der Waals surface area contributed by atoms with E-state index in [9.17, 15) is 14.0 Å². The fraction of sp³-hybridized carbons (Fsp3) is 0.357. The summed E-state index contributed by atoms with van der Waals surface area (Å²) in [5, 5.41) is 9.61. The van der Waals surface area contributed by atoms with E-state index in [1.165, 1.54) is 11.6 Å². The van der Waals surface area contributed by atoms with E-state index in [0.717, 1.165) is 48.0 Å². The third-order valence-electron chi connectivity index (χ3n) is 5.91. The van der Waals surface area contributed by atoms with E-state index in [-0.39, 0.29) is 5.57 Å². The van der Waals surface area contributed by atoms with Gasteiger partial charge in [0, 0.05) is 37.5 Å². The number of nitriles is 1. The molecule has 0 atom stereocenters. The minimum atomic E-state index is -2.93. The van der Waals surface area contributed by atoms with Crippen LogP contribution in [0.15, 0.2) is 83.1 Å². The van der Waals surface area contributed by atoms with Gasteiger partial charge in [0.05, 0.1) is 11.3 Å². The molecule has 174 valence electrons. The molecule has 1 aromatic carbocycles. The van der Waals surface area contributed by atoms with Gasteiger partial charge in [0.2, 0.25) is 0 Å². The van der Waals surface area contributed by atoms with Gasteiger partial charge < -0.3 is 4.90 Å². The summed E-state index contributed by atoms with van der Waals surface area (Å²) in [7, 11) is 0. The van der Waals surface area contributed by atoms with E-state index in [0.29, 0.717) is 24.9 Å². The highest BCUT2D eigenvalue weighted by atomic mass is 19.3. The van der Waals surface area contributed by atoms with Crippen LogP contribution in [0.1, 0.15) is 51.2 Å². The van der Waals surface area contributed by atoms with Crippen molar-refractivity contribution in [2.24, 2.45) is 4.99 Å². The Morgan fingerprint density at radius 1 is 1.27 bits per heavy atom. The summed E-state index contributed by atoms with van der Waals surface area (Å²) in [5.74, 6) is -2.93. The van der Waals surface area contributed by atoms with Gasteiger partial charge >= 0.3 is 0 Å². The number of aliphatic imine (C=N–C) groups is 1. The van der Waals surface area contributed by atoms with E-state index in [1.54, 1.807) is 12.3 Å². The van der Waals surface area contributed by atoms with Crippen molar-refractivity contribution >= 4 is 11.4 Å². The van der Waals surface area contributed by atoms with Crippen LogP contribution >= 0.6 is 0 Å². The van der Waals surface area contributed by atoms with E-state index in [2.05, 4.69) is 36.0 Å². The largest absolute Gasteiger partial charge is 0.366 e. The summed E-state index contributed by atoms with van der Waals surface area (Å²) in [4.78, 5) is 6.79. The Morgan fingerprint density at radius 3 is 2.61 bits per heavy atom. The molecule has 0 amide bonds. The van der Waals surface area contributed by atoms with Gasteiger partial charge in [-0.25, -0.2) is 8.78 Å². The summed E-state index contributed by atoms with van der Waals surface area (Å²) in [6, 6.07) is 8.27. The van der Waals surface area contributed by atoms with Crippen LogP contribution in [-0.2, 0) is 0 Å². The number of aryl methyl sites for hydroxylation is 1. The molecule has 0 saturated heterocycles. The van der Waals surface area contributed by atoms with Crippen LogP contribution in [0.25, 0.3) is 0 Å². The Kier molecular flexibility index (Phi) is 9.11. The molecule has 1 aliphatic heterocycles. The molecule has 0 saturated carbocycles. The Labute approximate surface area is 196 Å². The first-order chi connectivity index (χ1) is 15.6. The number of benzene rings is 1. The second-order valence-corrected chi connectivity index (χ2v) is 8.43. The molecule has 1 heterocycles. The quantitative estimate of drug-likeness (QED) is 0.290. The molecule has 3 nitrogen and oxygen atoms in total. The number of allylic oxidation sites excluding steroid dienone is 5. The lowest BCUT2D eigenvalue weighted by Gasteiger charge is -2.33. The number of hydrogen-bond acceptors (Lipinski definition) is 3. The van der Waals surface area contributed by atoms with Gasteiger partial charge in [0.15, 0.2) is 0 Å². The van der Waals surface area contributed by atoms with Crippen molar-refractivity contribution in [1.82, 2.24) is 0 Å². The normalized spacial score (nSPS) is 15.7. The van der Waals surface area contributed by atoms with Gasteiger partial charge in [-0.3, -0.25) is 4.99 Å². The molecular weight excluding hydrogens is 416 g/mol. The average Bonchev–Trinajstić information content (AvgIpc) is 2.78. The van der Waals surface area contributed by atoms with Crippen LogP contribution in [0, 0.1) is 18.3 Å². The first-order valence-corrected chi connectivity index (χ1v) is 11.1. The fourth-order valence-electron chi connectivity index (χ4n) is 3.76. The maximum atomic E-state index is 13.4. The van der Waals surface area contributed by atoms with Crippen molar-refractivity contribution in [3.8, 4) is 6.07 Å². The lowest BCUT2D eigenvalue weighted by Crippen LogP contribution is -2.34. The maximum Gasteiger partial charge on any atom is 0.269 e. The summed E-state index contributed by atoms with van der Waals surface area (Å²) in [6.07, 6.45) is 8.75. The zero-order valence-corrected chi connectivity index (χ0v) is 20.1. The minimum absolute atomic E-state index is 0.213. The van der Waals surface area contributed by atoms with Gasteiger partial charge in [0.25, 0.3) is 5.92 Å². The molecule has 1 aliphatic rings. The van der Waals surface area contributed by atoms with Crippen LogP contribution in [0.2, 0.25) is 0 Å². The fourth-order valence-corrected chi connectivity index (χ4v) is 3.76. The van der Waals surface area contributed by atoms with Gasteiger partial charge in [-0.1, -0.05) is 48.6 Å². The van der Waals surface area contributed by atoms with Crippen molar-refractivity contribution in [3.05, 3.63) is 89.2 Å². The van der Waals surface area contributed by atoms with Crippen molar-refractivity contribution in [2.45, 2.75) is 52.9 Å². The predicted octanol–water partition coefficient (Wildman–Crippen LogP) is 7.47. The van der Waals surface area contributed by atoms with Crippen molar-refractivity contribution in [2.75, 3.05) is 18.0 Å². The highest BCUT2D eigenvalue weighted by Crippen LogP contribution is 2.29. The van der Waals surface area contributed by atoms with E-state index in [4.69, 9.17) is 0 Å². The molecule has 1 aromatic rings. The first kappa shape index (κ1) is 26.0. The number of rotatable bonds is 9. The standard InChI is InChI=1S/C28H33F2N3/c1-7-23(11-10-22(5)28(6,29)30)12-13-26(32-8-2)25-19-33(16-15-21(25)4)27-14-9-20(3)17-24(27)18-31/h7-11,14,17H,2,5,12-13,15-16,19H2,1,3-4,6H3/b11-10-,23-7+,32-26?. The second-order valence-electron chi connectivity index (χ2n) is 8.43. The molecule has 5 heteroatoms. The molecule has 0 aliphatic carbocycles. The topological polar surface area (TPSA) is 39.4 Å². The van der Waals surface area contributed by atoms with E-state index in [1.807, 2.05) is 38.1 Å². The van der Waals surface area contributed by atoms with Crippen LogP contribution in [0.5, 0.6) is 0 Å². The number of hydrogen-bond donors (Lipinski definition) is 0. The molecule has 0 spiro atoms. The summed E-state index contributed by atoms with van der Waals surface area (Å²) >= 11 is 0. The number of anilines is 1. The maximum absolute atomic E-state index is 13.4. The van der Waals surface area contributed by atoms with Gasteiger partial charge in [-0.15, -0.1) is 0 Å². The van der Waals surface area contributed by atoms with Crippen molar-refractivity contribution in [3.63, 3.8) is 0 Å². The minimum Gasteiger partial charge on any atom is -0.366 e. The van der Waals surface area contributed by atoms with Crippen molar-refractivity contribution in [1.29, 1.82) is 5.26 Å². The molecule has 0 fully saturated rings. The smallest absolute Gasteiger partial charge is 0.269 e. The molecular formula is C28H33F2N3.